The third-order valence-corrected chi connectivity index (χ3v) is 7.91. The minimum Gasteiger partial charge on any atom is -0.455 e. The lowest BCUT2D eigenvalue weighted by atomic mass is 9.92. The molecule has 0 radical (unpaired) electrons. The SMILES string of the molecule is CC(C)(C)c1ccc2c(n1)nc(-c1cccc3c1oc1c3ccc3ccc4ccccc4c31)n2-c1ccccc1. The summed E-state index contributed by atoms with van der Waals surface area (Å²) in [5.74, 6) is 0.818. The molecule has 0 aliphatic rings. The summed E-state index contributed by atoms with van der Waals surface area (Å²) in [7, 11) is 0. The van der Waals surface area contributed by atoms with Crippen molar-refractivity contribution >= 4 is 54.6 Å². The fourth-order valence-electron chi connectivity index (χ4n) is 5.92. The molecule has 0 N–H and O–H groups in total. The number of aromatic nitrogens is 3. The monoisotopic (exact) mass is 517 g/mol. The van der Waals surface area contributed by atoms with E-state index >= 15 is 0 Å². The molecule has 0 aliphatic heterocycles. The van der Waals surface area contributed by atoms with Crippen molar-refractivity contribution in [1.82, 2.24) is 14.5 Å². The van der Waals surface area contributed by atoms with E-state index in [9.17, 15) is 0 Å². The maximum absolute atomic E-state index is 6.85. The molecule has 0 atom stereocenters. The number of hydrogen-bond donors (Lipinski definition) is 0. The molecule has 3 aromatic heterocycles. The van der Waals surface area contributed by atoms with Gasteiger partial charge in [0, 0.05) is 33.0 Å². The highest BCUT2D eigenvalue weighted by atomic mass is 16.3. The predicted octanol–water partition coefficient (Wildman–Crippen LogP) is 9.59. The summed E-state index contributed by atoms with van der Waals surface area (Å²) in [6, 6.07) is 38.2. The Morgan fingerprint density at radius 2 is 1.32 bits per heavy atom. The van der Waals surface area contributed by atoms with E-state index in [0.717, 1.165) is 61.3 Å². The number of imidazole rings is 1. The summed E-state index contributed by atoms with van der Waals surface area (Å²) < 4.78 is 9.05. The second-order valence-electron chi connectivity index (χ2n) is 11.5. The van der Waals surface area contributed by atoms with Gasteiger partial charge in [0.15, 0.2) is 11.5 Å². The summed E-state index contributed by atoms with van der Waals surface area (Å²) in [5.41, 5.74) is 6.37. The number of nitrogens with zero attached hydrogens (tertiary/aromatic N) is 3. The predicted molar refractivity (Wildman–Crippen MR) is 165 cm³/mol. The Bertz CT molecular complexity index is 2250. The summed E-state index contributed by atoms with van der Waals surface area (Å²) in [6.07, 6.45) is 0. The Morgan fingerprint density at radius 3 is 2.17 bits per heavy atom. The lowest BCUT2D eigenvalue weighted by molar-refractivity contribution is 0.571. The highest BCUT2D eigenvalue weighted by molar-refractivity contribution is 6.23. The van der Waals surface area contributed by atoms with E-state index in [1.54, 1.807) is 0 Å². The van der Waals surface area contributed by atoms with Crippen molar-refractivity contribution in [2.24, 2.45) is 0 Å². The molecule has 3 heterocycles. The van der Waals surface area contributed by atoms with Crippen LogP contribution in [0.25, 0.3) is 71.7 Å². The van der Waals surface area contributed by atoms with E-state index in [-0.39, 0.29) is 5.41 Å². The van der Waals surface area contributed by atoms with E-state index in [4.69, 9.17) is 14.4 Å². The fraction of sp³-hybridized carbons (Fsp3) is 0.111. The molecule has 192 valence electrons. The average Bonchev–Trinajstić information content (AvgIpc) is 3.55. The molecule has 0 fully saturated rings. The van der Waals surface area contributed by atoms with Crippen LogP contribution in [0.5, 0.6) is 0 Å². The molecule has 8 aromatic rings. The quantitative estimate of drug-likeness (QED) is 0.214. The van der Waals surface area contributed by atoms with Crippen LogP contribution in [-0.2, 0) is 5.41 Å². The zero-order chi connectivity index (χ0) is 27.0. The minimum absolute atomic E-state index is 0.0759. The Balaban J connectivity index is 1.48. The van der Waals surface area contributed by atoms with Gasteiger partial charge in [-0.3, -0.25) is 4.57 Å². The van der Waals surface area contributed by atoms with Crippen LogP contribution in [0.4, 0.5) is 0 Å². The van der Waals surface area contributed by atoms with Gasteiger partial charge in [0.05, 0.1) is 11.1 Å². The van der Waals surface area contributed by atoms with E-state index in [1.807, 2.05) is 6.07 Å². The van der Waals surface area contributed by atoms with E-state index in [0.29, 0.717) is 0 Å². The van der Waals surface area contributed by atoms with Crippen molar-refractivity contribution in [3.05, 3.63) is 115 Å². The van der Waals surface area contributed by atoms with Gasteiger partial charge in [0.25, 0.3) is 0 Å². The highest BCUT2D eigenvalue weighted by Gasteiger charge is 2.23. The molecule has 4 heteroatoms. The van der Waals surface area contributed by atoms with Gasteiger partial charge in [0.1, 0.15) is 11.2 Å². The minimum atomic E-state index is -0.0759. The summed E-state index contributed by atoms with van der Waals surface area (Å²) in [4.78, 5) is 10.2. The van der Waals surface area contributed by atoms with Crippen LogP contribution < -0.4 is 0 Å². The number of pyridine rings is 1. The molecule has 5 aromatic carbocycles. The lowest BCUT2D eigenvalue weighted by Gasteiger charge is -2.17. The third-order valence-electron chi connectivity index (χ3n) is 7.91. The Hall–Kier alpha value is -4.96. The summed E-state index contributed by atoms with van der Waals surface area (Å²) in [5, 5.41) is 6.90. The molecule has 0 unspecified atom stereocenters. The maximum atomic E-state index is 6.85. The molecule has 4 nitrogen and oxygen atoms in total. The molecule has 0 amide bonds. The fourth-order valence-corrected chi connectivity index (χ4v) is 5.92. The van der Waals surface area contributed by atoms with Crippen molar-refractivity contribution < 1.29 is 4.42 Å². The number of furan rings is 1. The zero-order valence-corrected chi connectivity index (χ0v) is 22.6. The number of hydrogen-bond acceptors (Lipinski definition) is 3. The van der Waals surface area contributed by atoms with Gasteiger partial charge in [-0.2, -0.15) is 0 Å². The Morgan fingerprint density at radius 1 is 0.600 bits per heavy atom. The van der Waals surface area contributed by atoms with Crippen molar-refractivity contribution in [2.45, 2.75) is 26.2 Å². The first kappa shape index (κ1) is 23.0. The average molecular weight is 518 g/mol. The molecular formula is C36H27N3O. The van der Waals surface area contributed by atoms with Crippen molar-refractivity contribution in [3.63, 3.8) is 0 Å². The molecule has 0 saturated carbocycles. The second kappa shape index (κ2) is 8.27. The first-order valence-electron chi connectivity index (χ1n) is 13.7. The van der Waals surface area contributed by atoms with E-state index in [1.165, 1.54) is 16.2 Å². The zero-order valence-electron chi connectivity index (χ0n) is 22.6. The number of para-hydroxylation sites is 2. The molecule has 0 saturated heterocycles. The van der Waals surface area contributed by atoms with Gasteiger partial charge >= 0.3 is 0 Å². The lowest BCUT2D eigenvalue weighted by Crippen LogP contribution is -2.13. The Kier molecular flexibility index (Phi) is 4.75. The van der Waals surface area contributed by atoms with Gasteiger partial charge in [-0.25, -0.2) is 9.97 Å². The van der Waals surface area contributed by atoms with E-state index < -0.39 is 0 Å². The first-order chi connectivity index (χ1) is 19.5. The molecule has 40 heavy (non-hydrogen) atoms. The van der Waals surface area contributed by atoms with Crippen LogP contribution in [0.2, 0.25) is 0 Å². The molecule has 0 bridgehead atoms. The number of benzene rings is 5. The van der Waals surface area contributed by atoms with Gasteiger partial charge in [-0.15, -0.1) is 0 Å². The third kappa shape index (κ3) is 3.32. The van der Waals surface area contributed by atoms with Crippen molar-refractivity contribution in [2.75, 3.05) is 0 Å². The maximum Gasteiger partial charge on any atom is 0.178 e. The van der Waals surface area contributed by atoms with Crippen LogP contribution >= 0.6 is 0 Å². The summed E-state index contributed by atoms with van der Waals surface area (Å²) >= 11 is 0. The van der Waals surface area contributed by atoms with Gasteiger partial charge in [-0.05, 0) is 52.6 Å². The van der Waals surface area contributed by atoms with Gasteiger partial charge in [0.2, 0.25) is 0 Å². The molecule has 8 rings (SSSR count). The number of rotatable bonds is 2. The van der Waals surface area contributed by atoms with Crippen LogP contribution in [0.15, 0.2) is 114 Å². The van der Waals surface area contributed by atoms with Crippen LogP contribution in [0.1, 0.15) is 26.5 Å². The standard InChI is InChI=1S/C36H27N3O/c1-36(2,3)30-21-20-29-34(37-30)38-35(39(29)24-11-5-4-6-12-24)28-15-9-14-26-27-19-18-23-17-16-22-10-7-8-13-25(22)31(23)33(27)40-32(26)28/h4-21H,1-3H3. The highest BCUT2D eigenvalue weighted by Crippen LogP contribution is 2.41. The largest absolute Gasteiger partial charge is 0.455 e. The van der Waals surface area contributed by atoms with Crippen molar-refractivity contribution in [3.8, 4) is 17.1 Å². The first-order valence-corrected chi connectivity index (χ1v) is 13.7. The van der Waals surface area contributed by atoms with Gasteiger partial charge < -0.3 is 4.42 Å². The number of fused-ring (bicyclic) bond motifs is 8. The molecular weight excluding hydrogens is 490 g/mol. The Labute approximate surface area is 231 Å². The summed E-state index contributed by atoms with van der Waals surface area (Å²) in [6.45, 7) is 6.54. The normalized spacial score (nSPS) is 12.4. The van der Waals surface area contributed by atoms with Crippen LogP contribution in [0, 0.1) is 0 Å². The van der Waals surface area contributed by atoms with Crippen LogP contribution in [-0.4, -0.2) is 14.5 Å². The van der Waals surface area contributed by atoms with E-state index in [2.05, 4.69) is 128 Å². The molecule has 0 aliphatic carbocycles. The topological polar surface area (TPSA) is 43.9 Å². The smallest absolute Gasteiger partial charge is 0.178 e. The van der Waals surface area contributed by atoms with Crippen LogP contribution in [0.3, 0.4) is 0 Å². The molecule has 0 spiro atoms. The van der Waals surface area contributed by atoms with Crippen molar-refractivity contribution in [1.29, 1.82) is 0 Å². The second-order valence-corrected chi connectivity index (χ2v) is 11.5. The van der Waals surface area contributed by atoms with Gasteiger partial charge in [-0.1, -0.05) is 93.6 Å².